The van der Waals surface area contributed by atoms with E-state index in [0.29, 0.717) is 22.8 Å². The lowest BCUT2D eigenvalue weighted by Crippen LogP contribution is -2.35. The molecule has 0 aliphatic heterocycles. The number of anilines is 1. The Bertz CT molecular complexity index is 1320. The zero-order valence-corrected chi connectivity index (χ0v) is 19.0. The van der Waals surface area contributed by atoms with Crippen LogP contribution in [0.25, 0.3) is 27.8 Å². The average Bonchev–Trinajstić information content (AvgIpc) is 3.42. The van der Waals surface area contributed by atoms with E-state index in [9.17, 15) is 4.79 Å². The Balaban J connectivity index is 1.49. The van der Waals surface area contributed by atoms with Crippen LogP contribution < -0.4 is 5.73 Å². The first kappa shape index (κ1) is 21.2. The van der Waals surface area contributed by atoms with Gasteiger partial charge in [0.05, 0.1) is 5.69 Å². The lowest BCUT2D eigenvalue weighted by atomic mass is 9.81. The number of aromatic nitrogens is 5. The zero-order valence-electron chi connectivity index (χ0n) is 19.0. The van der Waals surface area contributed by atoms with Gasteiger partial charge in [0.15, 0.2) is 5.82 Å². The highest BCUT2D eigenvalue weighted by Gasteiger charge is 2.32. The molecule has 4 aromatic rings. The molecule has 1 saturated carbocycles. The zero-order chi connectivity index (χ0) is 23.1. The average molecular weight is 449 g/mol. The third kappa shape index (κ3) is 3.67. The van der Waals surface area contributed by atoms with E-state index in [1.807, 2.05) is 30.1 Å². The van der Waals surface area contributed by atoms with Crippen LogP contribution in [0.4, 0.5) is 5.82 Å². The number of benzene rings is 1. The molecular weight excluding hydrogens is 418 g/mol. The van der Waals surface area contributed by atoms with Crippen LogP contribution in [-0.4, -0.2) is 54.1 Å². The molecule has 3 aromatic heterocycles. The van der Waals surface area contributed by atoms with Gasteiger partial charge in [-0.2, -0.15) is 5.10 Å². The van der Waals surface area contributed by atoms with Crippen molar-refractivity contribution in [3.05, 3.63) is 36.4 Å². The minimum Gasteiger partial charge on any atom is -0.592 e. The van der Waals surface area contributed by atoms with Gasteiger partial charge in [0, 0.05) is 36.9 Å². The molecule has 9 nitrogen and oxygen atoms in total. The molecule has 5 N–H and O–H groups in total. The summed E-state index contributed by atoms with van der Waals surface area (Å²) in [5.74, 6) is 2.17. The van der Waals surface area contributed by atoms with Crippen LogP contribution in [-0.2, 0) is 4.79 Å². The first-order valence-electron chi connectivity index (χ1n) is 11.6. The molecular formula is C24H30N7O2+. The summed E-state index contributed by atoms with van der Waals surface area (Å²) in [6.07, 6.45) is 5.87. The maximum absolute atomic E-state index is 12.7. The minimum atomic E-state index is 0.0763. The Hall–Kier alpha value is -3.62. The summed E-state index contributed by atoms with van der Waals surface area (Å²) in [6, 6.07) is 7.59. The summed E-state index contributed by atoms with van der Waals surface area (Å²) in [6.45, 7) is 2.89. The molecule has 0 spiro atoms. The van der Waals surface area contributed by atoms with Gasteiger partial charge in [-0.15, -0.1) is 0 Å². The van der Waals surface area contributed by atoms with Crippen molar-refractivity contribution in [2.75, 3.05) is 19.3 Å². The maximum Gasteiger partial charge on any atom is 0.278 e. The van der Waals surface area contributed by atoms with Crippen LogP contribution in [0.1, 0.15) is 50.8 Å². The van der Waals surface area contributed by atoms with E-state index in [-0.39, 0.29) is 17.7 Å². The van der Waals surface area contributed by atoms with E-state index < -0.39 is 0 Å². The smallest absolute Gasteiger partial charge is 0.278 e. The Morgan fingerprint density at radius 3 is 2.82 bits per heavy atom. The fourth-order valence-electron chi connectivity index (χ4n) is 5.07. The second kappa shape index (κ2) is 8.38. The number of nitrogens with zero attached hydrogens (tertiary/aromatic N) is 5. The largest absolute Gasteiger partial charge is 0.592 e. The monoisotopic (exact) mass is 448 g/mol. The van der Waals surface area contributed by atoms with Crippen LogP contribution in [0.2, 0.25) is 0 Å². The van der Waals surface area contributed by atoms with E-state index in [2.05, 4.69) is 22.0 Å². The molecule has 0 unspecified atom stereocenters. The van der Waals surface area contributed by atoms with Gasteiger partial charge in [-0.05, 0) is 38.2 Å². The Morgan fingerprint density at radius 1 is 1.30 bits per heavy atom. The molecule has 1 amide bonds. The van der Waals surface area contributed by atoms with Crippen LogP contribution in [0.3, 0.4) is 0 Å². The standard InChI is InChI=1S/C24H29N7O2/c1-3-11-30(2)24(33)15-9-7-14(8-10-15)23-29-20(21-22(25)26-13-27-31(21)23)17-12-16-5-4-6-18(32)19(16)28-17/h4-6,12-15,28,32H,3,7-11H2,1-2H3,(H2,25,26,27)/p+1. The first-order chi connectivity index (χ1) is 16.0. The number of aromatic amines is 1. The highest BCUT2D eigenvalue weighted by Crippen LogP contribution is 2.39. The van der Waals surface area contributed by atoms with E-state index >= 15 is 0 Å². The van der Waals surface area contributed by atoms with Crippen molar-refractivity contribution in [2.45, 2.75) is 44.9 Å². The summed E-state index contributed by atoms with van der Waals surface area (Å²) < 4.78 is 1.81. The third-order valence-corrected chi connectivity index (χ3v) is 6.77. The van der Waals surface area contributed by atoms with Crippen molar-refractivity contribution in [3.63, 3.8) is 0 Å². The maximum atomic E-state index is 12.7. The molecule has 33 heavy (non-hydrogen) atoms. The summed E-state index contributed by atoms with van der Waals surface area (Å²) in [4.78, 5) is 27.1. The van der Waals surface area contributed by atoms with Gasteiger partial charge in [-0.1, -0.05) is 19.1 Å². The van der Waals surface area contributed by atoms with Crippen molar-refractivity contribution in [1.29, 1.82) is 0 Å². The Morgan fingerprint density at radius 2 is 2.09 bits per heavy atom. The van der Waals surface area contributed by atoms with E-state index in [4.69, 9.17) is 15.8 Å². The number of H-pyrrole nitrogens is 1. The number of fused-ring (bicyclic) bond motifs is 2. The molecule has 3 heterocycles. The number of rotatable bonds is 5. The molecule has 1 aliphatic carbocycles. The minimum absolute atomic E-state index is 0.0763. The predicted octanol–water partition coefficient (Wildman–Crippen LogP) is 3.43. The molecule has 1 fully saturated rings. The van der Waals surface area contributed by atoms with Crippen molar-refractivity contribution in [1.82, 2.24) is 29.5 Å². The third-order valence-electron chi connectivity index (χ3n) is 6.77. The first-order valence-corrected chi connectivity index (χ1v) is 11.6. The fourth-order valence-corrected chi connectivity index (χ4v) is 5.07. The van der Waals surface area contributed by atoms with Gasteiger partial charge in [-0.25, -0.2) is 14.5 Å². The number of nitrogen functional groups attached to an aromatic ring is 1. The summed E-state index contributed by atoms with van der Waals surface area (Å²) >= 11 is 0. The number of hydrogen-bond donors (Lipinski definition) is 2. The highest BCUT2D eigenvalue weighted by molar-refractivity contribution is 5.93. The van der Waals surface area contributed by atoms with Crippen LogP contribution in [0.5, 0.6) is 5.75 Å². The van der Waals surface area contributed by atoms with Crippen molar-refractivity contribution < 1.29 is 9.90 Å². The predicted molar refractivity (Wildman–Crippen MR) is 128 cm³/mol. The van der Waals surface area contributed by atoms with Gasteiger partial charge in [0.1, 0.15) is 28.9 Å². The normalized spacial score (nSPS) is 18.7. The van der Waals surface area contributed by atoms with Crippen LogP contribution in [0, 0.1) is 5.92 Å². The molecule has 0 bridgehead atoms. The summed E-state index contributed by atoms with van der Waals surface area (Å²) in [5, 5.41) is 13.6. The lowest BCUT2D eigenvalue weighted by Gasteiger charge is -2.29. The van der Waals surface area contributed by atoms with E-state index in [1.165, 1.54) is 6.33 Å². The molecule has 0 saturated heterocycles. The van der Waals surface area contributed by atoms with Crippen molar-refractivity contribution in [2.24, 2.45) is 5.92 Å². The number of nitrogens with one attached hydrogen (secondary N) is 1. The molecule has 1 aliphatic rings. The van der Waals surface area contributed by atoms with Crippen molar-refractivity contribution in [3.8, 4) is 17.1 Å². The number of amides is 1. The molecule has 0 atom stereocenters. The van der Waals surface area contributed by atoms with Gasteiger partial charge in [-0.3, -0.25) is 4.79 Å². The van der Waals surface area contributed by atoms with Gasteiger partial charge < -0.3 is 20.7 Å². The fraction of sp³-hybridized carbons (Fsp3) is 0.417. The number of imidazole rings is 1. The SMILES string of the molecule is CCCN(C)C(=O)C1CCC(c2nc(-c3cc4cccc([OH2+])c4[nH]3)c3c(N)ncnn23)CC1. The van der Waals surface area contributed by atoms with E-state index in [0.717, 1.165) is 61.1 Å². The Kier molecular flexibility index (Phi) is 5.39. The van der Waals surface area contributed by atoms with Gasteiger partial charge >= 0.3 is 0 Å². The number of nitrogens with two attached hydrogens (primary N) is 1. The van der Waals surface area contributed by atoms with Gasteiger partial charge in [0.25, 0.3) is 5.75 Å². The quantitative estimate of drug-likeness (QED) is 0.452. The summed E-state index contributed by atoms with van der Waals surface area (Å²) in [5.41, 5.74) is 9.19. The topological polar surface area (TPSA) is 128 Å². The van der Waals surface area contributed by atoms with Crippen LogP contribution >= 0.6 is 0 Å². The second-order valence-corrected chi connectivity index (χ2v) is 8.99. The van der Waals surface area contributed by atoms with Gasteiger partial charge in [0.2, 0.25) is 5.91 Å². The molecule has 0 radical (unpaired) electrons. The molecule has 5 rings (SSSR count). The highest BCUT2D eigenvalue weighted by atomic mass is 16.3. The molecule has 9 heteroatoms. The van der Waals surface area contributed by atoms with Crippen LogP contribution in [0.15, 0.2) is 30.6 Å². The van der Waals surface area contributed by atoms with Crippen molar-refractivity contribution >= 4 is 28.1 Å². The molecule has 172 valence electrons. The number of hydrogen-bond acceptors (Lipinski definition) is 5. The Labute approximate surface area is 191 Å². The number of para-hydroxylation sites is 1. The van der Waals surface area contributed by atoms with E-state index in [1.54, 1.807) is 10.6 Å². The lowest BCUT2D eigenvalue weighted by molar-refractivity contribution is -0.135. The number of carbonyl (C=O) groups excluding carboxylic acids is 1. The number of carbonyl (C=O) groups is 1. The molecule has 1 aromatic carbocycles. The second-order valence-electron chi connectivity index (χ2n) is 8.99. The summed E-state index contributed by atoms with van der Waals surface area (Å²) in [7, 11) is 1.90.